The molecule has 1 aliphatic heterocycles. The SMILES string of the molecule is CCC1(O)CCCN(C(=O)c2coc(COc3ccc(F)cc3Cl)n2)C1. The van der Waals surface area contributed by atoms with Gasteiger partial charge in [0.05, 0.1) is 10.6 Å². The number of carbonyl (C=O) groups is 1. The molecule has 0 aliphatic carbocycles. The molecule has 0 bridgehead atoms. The molecule has 1 fully saturated rings. The number of piperidine rings is 1. The minimum atomic E-state index is -0.844. The second-order valence-corrected chi connectivity index (χ2v) is 6.81. The van der Waals surface area contributed by atoms with E-state index < -0.39 is 11.4 Å². The first kappa shape index (κ1) is 18.7. The molecular weight excluding hydrogens is 363 g/mol. The van der Waals surface area contributed by atoms with Crippen molar-refractivity contribution >= 4 is 17.5 Å². The zero-order chi connectivity index (χ0) is 18.7. The topological polar surface area (TPSA) is 75.8 Å². The Morgan fingerprint density at radius 3 is 3.08 bits per heavy atom. The predicted molar refractivity (Wildman–Crippen MR) is 92.6 cm³/mol. The van der Waals surface area contributed by atoms with Gasteiger partial charge < -0.3 is 19.2 Å². The highest BCUT2D eigenvalue weighted by atomic mass is 35.5. The van der Waals surface area contributed by atoms with E-state index in [9.17, 15) is 14.3 Å². The van der Waals surface area contributed by atoms with Crippen LogP contribution in [-0.4, -0.2) is 39.6 Å². The lowest BCUT2D eigenvalue weighted by molar-refractivity contribution is -0.0271. The van der Waals surface area contributed by atoms with Crippen LogP contribution in [0.25, 0.3) is 0 Å². The van der Waals surface area contributed by atoms with Gasteiger partial charge in [0.25, 0.3) is 5.91 Å². The molecule has 1 aromatic carbocycles. The summed E-state index contributed by atoms with van der Waals surface area (Å²) in [6, 6.07) is 3.79. The van der Waals surface area contributed by atoms with Crippen LogP contribution in [0.4, 0.5) is 4.39 Å². The van der Waals surface area contributed by atoms with Gasteiger partial charge in [-0.15, -0.1) is 0 Å². The molecule has 1 unspecified atom stereocenters. The highest BCUT2D eigenvalue weighted by Crippen LogP contribution is 2.27. The number of amides is 1. The number of β-amino-alcohol motifs (C(OH)–C–C–N with tert-alkyl or cyclic N) is 1. The highest BCUT2D eigenvalue weighted by Gasteiger charge is 2.34. The zero-order valence-electron chi connectivity index (χ0n) is 14.4. The second kappa shape index (κ2) is 7.63. The molecule has 6 nitrogen and oxygen atoms in total. The Hall–Kier alpha value is -2.12. The number of rotatable bonds is 5. The van der Waals surface area contributed by atoms with Crippen molar-refractivity contribution < 1.29 is 23.4 Å². The Morgan fingerprint density at radius 1 is 1.54 bits per heavy atom. The molecule has 2 heterocycles. The molecule has 1 amide bonds. The van der Waals surface area contributed by atoms with E-state index >= 15 is 0 Å². The number of likely N-dealkylation sites (tertiary alicyclic amines) is 1. The Labute approximate surface area is 155 Å². The Balaban J connectivity index is 1.63. The van der Waals surface area contributed by atoms with E-state index in [4.69, 9.17) is 20.8 Å². The summed E-state index contributed by atoms with van der Waals surface area (Å²) < 4.78 is 23.8. The first-order valence-corrected chi connectivity index (χ1v) is 8.82. The van der Waals surface area contributed by atoms with E-state index in [1.807, 2.05) is 6.92 Å². The summed E-state index contributed by atoms with van der Waals surface area (Å²) in [4.78, 5) is 18.3. The van der Waals surface area contributed by atoms with Crippen molar-refractivity contribution in [3.63, 3.8) is 0 Å². The van der Waals surface area contributed by atoms with Crippen molar-refractivity contribution in [1.82, 2.24) is 9.88 Å². The van der Waals surface area contributed by atoms with Crippen LogP contribution < -0.4 is 4.74 Å². The van der Waals surface area contributed by atoms with Gasteiger partial charge in [-0.25, -0.2) is 9.37 Å². The zero-order valence-corrected chi connectivity index (χ0v) is 15.1. The van der Waals surface area contributed by atoms with Gasteiger partial charge in [0.2, 0.25) is 5.89 Å². The van der Waals surface area contributed by atoms with Gasteiger partial charge in [0, 0.05) is 13.1 Å². The lowest BCUT2D eigenvalue weighted by Gasteiger charge is -2.38. The molecular formula is C18H20ClFN2O4. The van der Waals surface area contributed by atoms with Crippen LogP contribution in [0.15, 0.2) is 28.9 Å². The average Bonchev–Trinajstić information content (AvgIpc) is 3.09. The maximum absolute atomic E-state index is 13.0. The summed E-state index contributed by atoms with van der Waals surface area (Å²) in [5, 5.41) is 10.5. The van der Waals surface area contributed by atoms with Crippen LogP contribution in [0, 0.1) is 5.82 Å². The van der Waals surface area contributed by atoms with Crippen molar-refractivity contribution in [2.75, 3.05) is 13.1 Å². The van der Waals surface area contributed by atoms with Gasteiger partial charge in [-0.1, -0.05) is 18.5 Å². The Bertz CT molecular complexity index is 797. The van der Waals surface area contributed by atoms with E-state index in [-0.39, 0.29) is 35.7 Å². The summed E-state index contributed by atoms with van der Waals surface area (Å²) in [6.07, 6.45) is 3.29. The van der Waals surface area contributed by atoms with Crippen LogP contribution in [0.1, 0.15) is 42.6 Å². The third-order valence-electron chi connectivity index (χ3n) is 4.52. The summed E-state index contributed by atoms with van der Waals surface area (Å²) >= 11 is 5.89. The highest BCUT2D eigenvalue weighted by molar-refractivity contribution is 6.32. The minimum absolute atomic E-state index is 0.0441. The Kier molecular flexibility index (Phi) is 5.48. The maximum atomic E-state index is 13.0. The fraction of sp³-hybridized carbons (Fsp3) is 0.444. The second-order valence-electron chi connectivity index (χ2n) is 6.40. The number of aliphatic hydroxyl groups is 1. The van der Waals surface area contributed by atoms with Crippen molar-refractivity contribution in [3.8, 4) is 5.75 Å². The summed E-state index contributed by atoms with van der Waals surface area (Å²) in [5.41, 5.74) is -0.683. The Morgan fingerprint density at radius 2 is 2.35 bits per heavy atom. The lowest BCUT2D eigenvalue weighted by atomic mass is 9.90. The summed E-state index contributed by atoms with van der Waals surface area (Å²) in [6.45, 7) is 2.72. The van der Waals surface area contributed by atoms with Gasteiger partial charge >= 0.3 is 0 Å². The molecule has 2 aromatic rings. The van der Waals surface area contributed by atoms with Gasteiger partial charge in [-0.05, 0) is 37.5 Å². The fourth-order valence-corrected chi connectivity index (χ4v) is 3.17. The van der Waals surface area contributed by atoms with Gasteiger partial charge in [0.15, 0.2) is 12.3 Å². The first-order chi connectivity index (χ1) is 12.4. The third kappa shape index (κ3) is 4.16. The summed E-state index contributed by atoms with van der Waals surface area (Å²) in [7, 11) is 0. The molecule has 140 valence electrons. The normalized spacial score (nSPS) is 20.2. The number of aromatic nitrogens is 1. The van der Waals surface area contributed by atoms with E-state index in [2.05, 4.69) is 4.98 Å². The van der Waals surface area contributed by atoms with Crippen molar-refractivity contribution in [1.29, 1.82) is 0 Å². The number of hydrogen-bond acceptors (Lipinski definition) is 5. The van der Waals surface area contributed by atoms with E-state index in [1.54, 1.807) is 4.90 Å². The van der Waals surface area contributed by atoms with E-state index in [1.165, 1.54) is 18.4 Å². The smallest absolute Gasteiger partial charge is 0.275 e. The first-order valence-electron chi connectivity index (χ1n) is 8.44. The van der Waals surface area contributed by atoms with Crippen molar-refractivity contribution in [2.24, 2.45) is 0 Å². The number of halogens is 2. The van der Waals surface area contributed by atoms with Crippen molar-refractivity contribution in [3.05, 3.63) is 46.9 Å². The molecule has 3 rings (SSSR count). The molecule has 8 heteroatoms. The molecule has 0 radical (unpaired) electrons. The number of ether oxygens (including phenoxy) is 1. The van der Waals surface area contributed by atoms with Crippen molar-refractivity contribution in [2.45, 2.75) is 38.4 Å². The number of nitrogens with zero attached hydrogens (tertiary/aromatic N) is 2. The molecule has 0 spiro atoms. The lowest BCUT2D eigenvalue weighted by Crippen LogP contribution is -2.50. The number of oxazole rings is 1. The van der Waals surface area contributed by atoms with E-state index in [0.29, 0.717) is 25.1 Å². The molecule has 1 aromatic heterocycles. The molecule has 1 atom stereocenters. The van der Waals surface area contributed by atoms with Crippen LogP contribution in [0.5, 0.6) is 5.75 Å². The predicted octanol–water partition coefficient (Wildman–Crippen LogP) is 3.42. The minimum Gasteiger partial charge on any atom is -0.482 e. The van der Waals surface area contributed by atoms with Crippen LogP contribution in [0.2, 0.25) is 5.02 Å². The number of carbonyl (C=O) groups excluding carboxylic acids is 1. The molecule has 1 N–H and O–H groups in total. The quantitative estimate of drug-likeness (QED) is 0.857. The molecule has 1 saturated heterocycles. The summed E-state index contributed by atoms with van der Waals surface area (Å²) in [5.74, 6) is -0.244. The third-order valence-corrected chi connectivity index (χ3v) is 4.81. The van der Waals surface area contributed by atoms with Gasteiger partial charge in [-0.2, -0.15) is 0 Å². The fourth-order valence-electron chi connectivity index (χ4n) is 2.94. The monoisotopic (exact) mass is 382 g/mol. The number of hydrogen-bond donors (Lipinski definition) is 1. The molecule has 0 saturated carbocycles. The van der Waals surface area contributed by atoms with Crippen LogP contribution >= 0.6 is 11.6 Å². The number of benzene rings is 1. The standard InChI is InChI=1S/C18H20ClFN2O4/c1-2-18(24)6-3-7-22(11-18)17(23)14-9-26-16(21-14)10-25-15-5-4-12(20)8-13(15)19/h4-5,8-9,24H,2-3,6-7,10-11H2,1H3. The molecule has 26 heavy (non-hydrogen) atoms. The maximum Gasteiger partial charge on any atom is 0.275 e. The van der Waals surface area contributed by atoms with Gasteiger partial charge in [-0.3, -0.25) is 4.79 Å². The van der Waals surface area contributed by atoms with Crippen LogP contribution in [0.3, 0.4) is 0 Å². The van der Waals surface area contributed by atoms with Crippen LogP contribution in [-0.2, 0) is 6.61 Å². The van der Waals surface area contributed by atoms with E-state index in [0.717, 1.165) is 12.5 Å². The molecule has 1 aliphatic rings. The van der Waals surface area contributed by atoms with Gasteiger partial charge in [0.1, 0.15) is 17.8 Å². The largest absolute Gasteiger partial charge is 0.482 e. The average molecular weight is 383 g/mol.